The van der Waals surface area contributed by atoms with Crippen molar-refractivity contribution in [1.29, 1.82) is 0 Å². The molecule has 2 aliphatic heterocycles. The Morgan fingerprint density at radius 2 is 2.24 bits per heavy atom. The quantitative estimate of drug-likeness (QED) is 0.920. The predicted molar refractivity (Wildman–Crippen MR) is 80.7 cm³/mol. The molecule has 1 aromatic rings. The van der Waals surface area contributed by atoms with E-state index in [2.05, 4.69) is 10.2 Å². The second-order valence-electron chi connectivity index (χ2n) is 6.40. The van der Waals surface area contributed by atoms with Crippen molar-refractivity contribution in [2.75, 3.05) is 19.7 Å². The van der Waals surface area contributed by atoms with Crippen molar-refractivity contribution in [3.63, 3.8) is 0 Å². The maximum absolute atomic E-state index is 12.9. The molecule has 1 saturated heterocycles. The lowest BCUT2D eigenvalue weighted by atomic mass is 10.1. The molecular weight excluding hydrogens is 264 g/mol. The first-order valence-corrected chi connectivity index (χ1v) is 8.11. The van der Waals surface area contributed by atoms with E-state index < -0.39 is 0 Å². The van der Waals surface area contributed by atoms with E-state index in [-0.39, 0.29) is 5.91 Å². The van der Waals surface area contributed by atoms with Crippen LogP contribution in [0, 0.1) is 0 Å². The molecule has 1 atom stereocenters. The average molecular weight is 286 g/mol. The molecule has 1 N–H and O–H groups in total. The van der Waals surface area contributed by atoms with Gasteiger partial charge in [-0.1, -0.05) is 0 Å². The van der Waals surface area contributed by atoms with Crippen LogP contribution in [0.15, 0.2) is 18.2 Å². The fourth-order valence-corrected chi connectivity index (χ4v) is 3.42. The highest BCUT2D eigenvalue weighted by Crippen LogP contribution is 2.31. The molecule has 1 saturated carbocycles. The summed E-state index contributed by atoms with van der Waals surface area (Å²) in [5.74, 6) is 1.14. The van der Waals surface area contributed by atoms with Gasteiger partial charge >= 0.3 is 0 Å². The third-order valence-electron chi connectivity index (χ3n) is 4.76. The highest BCUT2D eigenvalue weighted by molar-refractivity contribution is 5.95. The van der Waals surface area contributed by atoms with Crippen molar-refractivity contribution in [1.82, 2.24) is 10.2 Å². The number of hydrogen-bond acceptors (Lipinski definition) is 3. The van der Waals surface area contributed by atoms with Crippen molar-refractivity contribution < 1.29 is 9.53 Å². The van der Waals surface area contributed by atoms with Crippen LogP contribution in [0.1, 0.15) is 41.6 Å². The molecule has 3 aliphatic rings. The van der Waals surface area contributed by atoms with Crippen molar-refractivity contribution in [2.24, 2.45) is 0 Å². The number of rotatable bonds is 4. The van der Waals surface area contributed by atoms with Gasteiger partial charge in [-0.2, -0.15) is 0 Å². The Hall–Kier alpha value is -1.55. The van der Waals surface area contributed by atoms with Gasteiger partial charge < -0.3 is 15.0 Å². The van der Waals surface area contributed by atoms with Gasteiger partial charge in [0, 0.05) is 30.6 Å². The van der Waals surface area contributed by atoms with E-state index in [0.717, 1.165) is 50.3 Å². The first-order chi connectivity index (χ1) is 10.3. The van der Waals surface area contributed by atoms with Crippen molar-refractivity contribution >= 4 is 5.91 Å². The second kappa shape index (κ2) is 5.34. The van der Waals surface area contributed by atoms with Crippen LogP contribution in [0.25, 0.3) is 0 Å². The lowest BCUT2D eigenvalue weighted by Crippen LogP contribution is -2.42. The fraction of sp³-hybridized carbons (Fsp3) is 0.588. The number of nitrogens with one attached hydrogen (secondary N) is 1. The van der Waals surface area contributed by atoms with Gasteiger partial charge in [-0.25, -0.2) is 0 Å². The molecule has 112 valence electrons. The average Bonchev–Trinajstić information content (AvgIpc) is 3.02. The monoisotopic (exact) mass is 286 g/mol. The van der Waals surface area contributed by atoms with Gasteiger partial charge in [0.25, 0.3) is 5.91 Å². The molecule has 21 heavy (non-hydrogen) atoms. The highest BCUT2D eigenvalue weighted by atomic mass is 16.5. The Morgan fingerprint density at radius 1 is 1.33 bits per heavy atom. The molecule has 0 radical (unpaired) electrons. The molecule has 1 aromatic carbocycles. The minimum Gasteiger partial charge on any atom is -0.493 e. The molecule has 2 fully saturated rings. The first-order valence-electron chi connectivity index (χ1n) is 8.11. The van der Waals surface area contributed by atoms with Crippen LogP contribution in [0.4, 0.5) is 0 Å². The summed E-state index contributed by atoms with van der Waals surface area (Å²) in [6.07, 6.45) is 5.66. The van der Waals surface area contributed by atoms with Crippen LogP contribution in [0.5, 0.6) is 5.75 Å². The zero-order valence-corrected chi connectivity index (χ0v) is 12.3. The van der Waals surface area contributed by atoms with Crippen molar-refractivity contribution in [2.45, 2.75) is 44.2 Å². The summed E-state index contributed by atoms with van der Waals surface area (Å²) in [5, 5.41) is 3.50. The van der Waals surface area contributed by atoms with E-state index in [1.807, 2.05) is 18.2 Å². The smallest absolute Gasteiger partial charge is 0.254 e. The van der Waals surface area contributed by atoms with Gasteiger partial charge in [-0.3, -0.25) is 4.79 Å². The lowest BCUT2D eigenvalue weighted by molar-refractivity contribution is 0.0728. The van der Waals surface area contributed by atoms with Gasteiger partial charge in [0.15, 0.2) is 0 Å². The van der Waals surface area contributed by atoms with Crippen molar-refractivity contribution in [3.05, 3.63) is 29.3 Å². The Balaban J connectivity index is 1.53. The summed E-state index contributed by atoms with van der Waals surface area (Å²) in [6, 6.07) is 6.84. The van der Waals surface area contributed by atoms with E-state index >= 15 is 0 Å². The van der Waals surface area contributed by atoms with E-state index in [9.17, 15) is 4.79 Å². The molecule has 0 aromatic heterocycles. The van der Waals surface area contributed by atoms with Crippen LogP contribution in [0.2, 0.25) is 0 Å². The molecule has 4 rings (SSSR count). The lowest BCUT2D eigenvalue weighted by Gasteiger charge is -2.26. The Bertz CT molecular complexity index is 548. The standard InChI is InChI=1S/C17H22N2O2/c20-17(13-3-6-16-12(10-13)7-9-21-16)19(15-4-5-15)11-14-2-1-8-18-14/h3,6,10,14-15,18H,1-2,4-5,7-9,11H2. The van der Waals surface area contributed by atoms with Gasteiger partial charge in [0.2, 0.25) is 0 Å². The summed E-state index contributed by atoms with van der Waals surface area (Å²) in [4.78, 5) is 15.0. The number of ether oxygens (including phenoxy) is 1. The molecule has 1 unspecified atom stereocenters. The molecule has 0 spiro atoms. The summed E-state index contributed by atoms with van der Waals surface area (Å²) < 4.78 is 5.53. The molecule has 1 amide bonds. The Kier molecular flexibility index (Phi) is 3.34. The van der Waals surface area contributed by atoms with Crippen LogP contribution in [-0.4, -0.2) is 42.6 Å². The fourth-order valence-electron chi connectivity index (χ4n) is 3.42. The van der Waals surface area contributed by atoms with Crippen LogP contribution in [0.3, 0.4) is 0 Å². The minimum absolute atomic E-state index is 0.195. The Morgan fingerprint density at radius 3 is 3.00 bits per heavy atom. The largest absolute Gasteiger partial charge is 0.493 e. The molecule has 2 heterocycles. The van der Waals surface area contributed by atoms with E-state index in [1.165, 1.54) is 18.4 Å². The molecule has 4 heteroatoms. The third kappa shape index (κ3) is 2.64. The third-order valence-corrected chi connectivity index (χ3v) is 4.76. The van der Waals surface area contributed by atoms with Gasteiger partial charge in [-0.05, 0) is 56.0 Å². The zero-order chi connectivity index (χ0) is 14.2. The molecular formula is C17H22N2O2. The summed E-state index contributed by atoms with van der Waals surface area (Å²) >= 11 is 0. The van der Waals surface area contributed by atoms with E-state index in [0.29, 0.717) is 12.1 Å². The van der Waals surface area contributed by atoms with Crippen molar-refractivity contribution in [3.8, 4) is 5.75 Å². The minimum atomic E-state index is 0.195. The molecule has 1 aliphatic carbocycles. The molecule has 4 nitrogen and oxygen atoms in total. The number of carbonyl (C=O) groups excluding carboxylic acids is 1. The second-order valence-corrected chi connectivity index (χ2v) is 6.40. The van der Waals surface area contributed by atoms with Crippen LogP contribution in [-0.2, 0) is 6.42 Å². The Labute approximate surface area is 125 Å². The number of fused-ring (bicyclic) bond motifs is 1. The number of amides is 1. The maximum atomic E-state index is 12.9. The highest BCUT2D eigenvalue weighted by Gasteiger charge is 2.35. The number of nitrogens with zero attached hydrogens (tertiary/aromatic N) is 1. The van der Waals surface area contributed by atoms with Gasteiger partial charge in [0.1, 0.15) is 5.75 Å². The summed E-state index contributed by atoms with van der Waals surface area (Å²) in [7, 11) is 0. The van der Waals surface area contributed by atoms with Crippen LogP contribution < -0.4 is 10.1 Å². The van der Waals surface area contributed by atoms with Gasteiger partial charge in [-0.15, -0.1) is 0 Å². The van der Waals surface area contributed by atoms with Crippen LogP contribution >= 0.6 is 0 Å². The SMILES string of the molecule is O=C(c1ccc2c(c1)CCO2)N(CC1CCCN1)C1CC1. The van der Waals surface area contributed by atoms with E-state index in [4.69, 9.17) is 4.74 Å². The topological polar surface area (TPSA) is 41.6 Å². The number of benzene rings is 1. The zero-order valence-electron chi connectivity index (χ0n) is 12.3. The number of hydrogen-bond donors (Lipinski definition) is 1. The summed E-state index contributed by atoms with van der Waals surface area (Å²) in [6.45, 7) is 2.69. The molecule has 0 bridgehead atoms. The van der Waals surface area contributed by atoms with E-state index in [1.54, 1.807) is 0 Å². The normalized spacial score (nSPS) is 23.7. The summed E-state index contributed by atoms with van der Waals surface area (Å²) in [5.41, 5.74) is 2.00. The first kappa shape index (κ1) is 13.1. The maximum Gasteiger partial charge on any atom is 0.254 e. The van der Waals surface area contributed by atoms with Gasteiger partial charge in [0.05, 0.1) is 6.61 Å². The number of carbonyl (C=O) groups is 1. The predicted octanol–water partition coefficient (Wildman–Crippen LogP) is 1.98.